The molecule has 6 nitrogen and oxygen atoms in total. The lowest BCUT2D eigenvalue weighted by molar-refractivity contribution is -0.141. The Kier molecular flexibility index (Phi) is 7.26. The molecule has 38 heavy (non-hydrogen) atoms. The number of aromatic nitrogens is 1. The highest BCUT2D eigenvalue weighted by molar-refractivity contribution is 6.30. The van der Waals surface area contributed by atoms with E-state index in [1.54, 1.807) is 6.20 Å². The van der Waals surface area contributed by atoms with Crippen molar-refractivity contribution in [3.63, 3.8) is 0 Å². The molecule has 0 N–H and O–H groups in total. The third-order valence-corrected chi connectivity index (χ3v) is 8.35. The van der Waals surface area contributed by atoms with Crippen LogP contribution in [-0.2, 0) is 21.5 Å². The van der Waals surface area contributed by atoms with Crippen LogP contribution in [0.5, 0.6) is 11.5 Å². The Morgan fingerprint density at radius 2 is 1.95 bits per heavy atom. The third-order valence-electron chi connectivity index (χ3n) is 8.09. The van der Waals surface area contributed by atoms with Gasteiger partial charge in [-0.25, -0.2) is 0 Å². The Hall–Kier alpha value is -3.09. The Balaban J connectivity index is 1.31. The zero-order valence-corrected chi connectivity index (χ0v) is 22.3. The topological polar surface area (TPSA) is 60.9 Å². The van der Waals surface area contributed by atoms with Crippen molar-refractivity contribution in [2.75, 3.05) is 26.4 Å². The van der Waals surface area contributed by atoms with Gasteiger partial charge < -0.3 is 19.1 Å². The molecule has 1 saturated heterocycles. The van der Waals surface area contributed by atoms with Crippen molar-refractivity contribution < 1.29 is 19.0 Å². The van der Waals surface area contributed by atoms with E-state index in [1.165, 1.54) is 0 Å². The van der Waals surface area contributed by atoms with Gasteiger partial charge in [0, 0.05) is 41.7 Å². The summed E-state index contributed by atoms with van der Waals surface area (Å²) < 4.78 is 18.5. The van der Waals surface area contributed by atoms with Crippen LogP contribution in [0.4, 0.5) is 0 Å². The second kappa shape index (κ2) is 11.0. The number of pyridine rings is 1. The lowest BCUT2D eigenvalue weighted by Crippen LogP contribution is -2.51. The number of benzene rings is 2. The largest absolute Gasteiger partial charge is 0.487 e. The molecular formula is C31H33ClN2O4. The van der Waals surface area contributed by atoms with Crippen molar-refractivity contribution in [2.45, 2.75) is 56.6 Å². The molecule has 1 saturated carbocycles. The molecule has 1 aromatic heterocycles. The van der Waals surface area contributed by atoms with E-state index in [-0.39, 0.29) is 12.0 Å². The maximum Gasteiger partial charge on any atom is 0.233 e. The maximum absolute atomic E-state index is 14.1. The van der Waals surface area contributed by atoms with Gasteiger partial charge in [-0.2, -0.15) is 0 Å². The molecule has 6 rings (SSSR count). The Morgan fingerprint density at radius 3 is 2.66 bits per heavy atom. The van der Waals surface area contributed by atoms with Crippen molar-refractivity contribution in [3.8, 4) is 22.6 Å². The standard InChI is InChI=1S/C31H33ClN2O4/c32-26-9-7-25(8-10-26)31(11-4-12-31)30(35)34-14-16-37-29-24(20-34)17-23(22-5-3-13-33-19-22)18-28(29)38-21-27-6-1-2-15-36-27/h3,5,7-10,13,17-19,27H,1-2,4,6,11-12,14-16,20-21H2. The predicted octanol–water partition coefficient (Wildman–Crippen LogP) is 6.19. The zero-order chi connectivity index (χ0) is 26.0. The highest BCUT2D eigenvalue weighted by atomic mass is 35.5. The minimum Gasteiger partial charge on any atom is -0.487 e. The van der Waals surface area contributed by atoms with Crippen LogP contribution in [0.2, 0.25) is 5.02 Å². The third kappa shape index (κ3) is 4.99. The molecule has 3 aliphatic rings. The van der Waals surface area contributed by atoms with Gasteiger partial charge in [0.25, 0.3) is 0 Å². The van der Waals surface area contributed by atoms with Crippen molar-refractivity contribution in [1.29, 1.82) is 0 Å². The van der Waals surface area contributed by atoms with Crippen molar-refractivity contribution in [1.82, 2.24) is 9.88 Å². The van der Waals surface area contributed by atoms with Crippen LogP contribution in [0, 0.1) is 0 Å². The van der Waals surface area contributed by atoms with Crippen molar-refractivity contribution in [2.24, 2.45) is 0 Å². The monoisotopic (exact) mass is 532 g/mol. The quantitative estimate of drug-likeness (QED) is 0.378. The number of amides is 1. The Bertz CT molecular complexity index is 1270. The lowest BCUT2D eigenvalue weighted by atomic mass is 9.63. The number of carbonyl (C=O) groups excluding carboxylic acids is 1. The number of hydrogen-bond acceptors (Lipinski definition) is 5. The first-order valence-electron chi connectivity index (χ1n) is 13.6. The number of ether oxygens (including phenoxy) is 3. The molecular weight excluding hydrogens is 500 g/mol. The van der Waals surface area contributed by atoms with Gasteiger partial charge in [0.1, 0.15) is 13.2 Å². The summed E-state index contributed by atoms with van der Waals surface area (Å²) in [7, 11) is 0. The van der Waals surface area contributed by atoms with Crippen LogP contribution in [0.15, 0.2) is 60.9 Å². The summed E-state index contributed by atoms with van der Waals surface area (Å²) in [6, 6.07) is 15.9. The highest BCUT2D eigenvalue weighted by Gasteiger charge is 2.48. The maximum atomic E-state index is 14.1. The van der Waals surface area contributed by atoms with E-state index in [4.69, 9.17) is 25.8 Å². The first-order valence-corrected chi connectivity index (χ1v) is 14.0. The van der Waals surface area contributed by atoms with Crippen LogP contribution < -0.4 is 9.47 Å². The summed E-state index contributed by atoms with van der Waals surface area (Å²) in [6.07, 6.45) is 9.71. The molecule has 3 aromatic rings. The fourth-order valence-electron chi connectivity index (χ4n) is 5.81. The van der Waals surface area contributed by atoms with Gasteiger partial charge in [-0.15, -0.1) is 0 Å². The fraction of sp³-hybridized carbons (Fsp3) is 0.419. The summed E-state index contributed by atoms with van der Waals surface area (Å²) in [5.74, 6) is 1.58. The SMILES string of the molecule is O=C(N1CCOc2c(cc(-c3cccnc3)cc2OCC2CCCCO2)C1)C1(c2ccc(Cl)cc2)CCC1. The zero-order valence-electron chi connectivity index (χ0n) is 21.5. The van der Waals surface area contributed by atoms with E-state index < -0.39 is 5.41 Å². The molecule has 0 bridgehead atoms. The molecule has 198 valence electrons. The van der Waals surface area contributed by atoms with Crippen molar-refractivity contribution in [3.05, 3.63) is 77.1 Å². The second-order valence-corrected chi connectivity index (χ2v) is 11.0. The van der Waals surface area contributed by atoms with Gasteiger partial charge in [-0.05, 0) is 73.6 Å². The minimum atomic E-state index is -0.492. The molecule has 1 unspecified atom stereocenters. The number of carbonyl (C=O) groups is 1. The van der Waals surface area contributed by atoms with Crippen LogP contribution in [-0.4, -0.2) is 48.3 Å². The summed E-state index contributed by atoms with van der Waals surface area (Å²) in [6.45, 7) is 2.67. The van der Waals surface area contributed by atoms with Gasteiger partial charge in [0.15, 0.2) is 11.5 Å². The average molecular weight is 533 g/mol. The van der Waals surface area contributed by atoms with Gasteiger partial charge in [0.05, 0.1) is 18.1 Å². The van der Waals surface area contributed by atoms with Crippen LogP contribution in [0.1, 0.15) is 49.7 Å². The Morgan fingerprint density at radius 1 is 1.08 bits per heavy atom. The van der Waals surface area contributed by atoms with E-state index in [2.05, 4.69) is 11.1 Å². The Labute approximate surface area is 228 Å². The smallest absolute Gasteiger partial charge is 0.233 e. The normalized spacial score (nSPS) is 20.4. The summed E-state index contributed by atoms with van der Waals surface area (Å²) in [5, 5.41) is 0.682. The van der Waals surface area contributed by atoms with Gasteiger partial charge in [-0.3, -0.25) is 9.78 Å². The van der Waals surface area contributed by atoms with Gasteiger partial charge >= 0.3 is 0 Å². The van der Waals surface area contributed by atoms with Crippen LogP contribution in [0.3, 0.4) is 0 Å². The van der Waals surface area contributed by atoms with Gasteiger partial charge in [-0.1, -0.05) is 36.2 Å². The first-order chi connectivity index (χ1) is 18.6. The first kappa shape index (κ1) is 25.2. The molecule has 1 atom stereocenters. The van der Waals surface area contributed by atoms with E-state index in [9.17, 15) is 4.79 Å². The van der Waals surface area contributed by atoms with Crippen LogP contribution in [0.25, 0.3) is 11.1 Å². The number of rotatable bonds is 6. The van der Waals surface area contributed by atoms with Crippen LogP contribution >= 0.6 is 11.6 Å². The number of nitrogens with zero attached hydrogens (tertiary/aromatic N) is 2. The molecule has 0 spiro atoms. The summed E-state index contributed by atoms with van der Waals surface area (Å²) in [5.41, 5.74) is 3.48. The molecule has 0 radical (unpaired) electrons. The fourth-order valence-corrected chi connectivity index (χ4v) is 5.94. The van der Waals surface area contributed by atoms with E-state index >= 15 is 0 Å². The van der Waals surface area contributed by atoms with Gasteiger partial charge in [0.2, 0.25) is 5.91 Å². The summed E-state index contributed by atoms with van der Waals surface area (Å²) in [4.78, 5) is 20.4. The molecule has 3 heterocycles. The molecule has 2 aromatic carbocycles. The number of halogens is 1. The van der Waals surface area contributed by atoms with Crippen molar-refractivity contribution >= 4 is 17.5 Å². The van der Waals surface area contributed by atoms with E-state index in [1.807, 2.05) is 53.6 Å². The average Bonchev–Trinajstić information content (AvgIpc) is 3.16. The minimum absolute atomic E-state index is 0.0863. The molecule has 1 aliphatic carbocycles. The predicted molar refractivity (Wildman–Crippen MR) is 147 cm³/mol. The number of fused-ring (bicyclic) bond motifs is 1. The van der Waals surface area contributed by atoms with E-state index in [0.717, 1.165) is 73.1 Å². The van der Waals surface area contributed by atoms with E-state index in [0.29, 0.717) is 37.1 Å². The molecule has 1 amide bonds. The summed E-state index contributed by atoms with van der Waals surface area (Å²) >= 11 is 6.15. The number of hydrogen-bond donors (Lipinski definition) is 0. The molecule has 2 fully saturated rings. The second-order valence-electron chi connectivity index (χ2n) is 10.5. The molecule has 2 aliphatic heterocycles. The molecule has 7 heteroatoms. The highest BCUT2D eigenvalue weighted by Crippen LogP contribution is 2.46. The lowest BCUT2D eigenvalue weighted by Gasteiger charge is -2.43.